The van der Waals surface area contributed by atoms with Crippen LogP contribution in [-0.2, 0) is 0 Å². The van der Waals surface area contributed by atoms with Gasteiger partial charge in [-0.3, -0.25) is 4.79 Å². The summed E-state index contributed by atoms with van der Waals surface area (Å²) >= 11 is 6.01. The van der Waals surface area contributed by atoms with E-state index in [1.165, 1.54) is 6.42 Å². The van der Waals surface area contributed by atoms with Gasteiger partial charge in [-0.25, -0.2) is 0 Å². The molecule has 0 aromatic heterocycles. The first-order chi connectivity index (χ1) is 8.90. The average molecular weight is 283 g/mol. The Bertz CT molecular complexity index is 432. The fourth-order valence-electron chi connectivity index (χ4n) is 1.92. The SMILES string of the molecule is CC(C)CCCC(C)NC(=O)c1ccc(N)cc1Cl. The molecule has 0 radical (unpaired) electrons. The van der Waals surface area contributed by atoms with Crippen molar-refractivity contribution < 1.29 is 4.79 Å². The second-order valence-electron chi connectivity index (χ2n) is 5.44. The smallest absolute Gasteiger partial charge is 0.253 e. The summed E-state index contributed by atoms with van der Waals surface area (Å²) in [4.78, 5) is 12.0. The van der Waals surface area contributed by atoms with Crippen LogP contribution in [0.15, 0.2) is 18.2 Å². The van der Waals surface area contributed by atoms with E-state index in [9.17, 15) is 4.79 Å². The van der Waals surface area contributed by atoms with E-state index in [0.717, 1.165) is 12.8 Å². The first kappa shape index (κ1) is 15.8. The molecule has 0 bridgehead atoms. The van der Waals surface area contributed by atoms with Crippen molar-refractivity contribution in [1.82, 2.24) is 5.32 Å². The molecular weight excluding hydrogens is 260 g/mol. The standard InChI is InChI=1S/C15H23ClN2O/c1-10(2)5-4-6-11(3)18-15(19)13-8-7-12(17)9-14(13)16/h7-11H,4-6,17H2,1-3H3,(H,18,19). The molecule has 3 nitrogen and oxygen atoms in total. The number of rotatable bonds is 6. The van der Waals surface area contributed by atoms with E-state index in [4.69, 9.17) is 17.3 Å². The minimum Gasteiger partial charge on any atom is -0.399 e. The Labute approximate surface area is 120 Å². The van der Waals surface area contributed by atoms with Crippen molar-refractivity contribution in [3.05, 3.63) is 28.8 Å². The Hall–Kier alpha value is -1.22. The summed E-state index contributed by atoms with van der Waals surface area (Å²) in [6.07, 6.45) is 3.29. The summed E-state index contributed by atoms with van der Waals surface area (Å²) in [5.41, 5.74) is 6.65. The van der Waals surface area contributed by atoms with Crippen LogP contribution in [0.5, 0.6) is 0 Å². The highest BCUT2D eigenvalue weighted by Gasteiger charge is 2.13. The maximum atomic E-state index is 12.0. The highest BCUT2D eigenvalue weighted by molar-refractivity contribution is 6.34. The van der Waals surface area contributed by atoms with E-state index in [0.29, 0.717) is 22.2 Å². The lowest BCUT2D eigenvalue weighted by atomic mass is 10.0. The van der Waals surface area contributed by atoms with Gasteiger partial charge in [0, 0.05) is 11.7 Å². The number of hydrogen-bond acceptors (Lipinski definition) is 2. The Morgan fingerprint density at radius 3 is 2.58 bits per heavy atom. The topological polar surface area (TPSA) is 55.1 Å². The Morgan fingerprint density at radius 2 is 2.00 bits per heavy atom. The first-order valence-electron chi connectivity index (χ1n) is 6.76. The molecule has 0 saturated carbocycles. The van der Waals surface area contributed by atoms with E-state index in [1.54, 1.807) is 18.2 Å². The van der Waals surface area contributed by atoms with Crippen LogP contribution in [0.1, 0.15) is 50.4 Å². The van der Waals surface area contributed by atoms with Gasteiger partial charge in [-0.2, -0.15) is 0 Å². The van der Waals surface area contributed by atoms with E-state index < -0.39 is 0 Å². The molecule has 0 saturated heterocycles. The molecule has 0 fully saturated rings. The summed E-state index contributed by atoms with van der Waals surface area (Å²) in [6, 6.07) is 5.10. The van der Waals surface area contributed by atoms with Crippen molar-refractivity contribution in [1.29, 1.82) is 0 Å². The second kappa shape index (κ2) is 7.39. The average Bonchev–Trinajstić information content (AvgIpc) is 2.27. The minimum absolute atomic E-state index is 0.137. The quantitative estimate of drug-likeness (QED) is 0.778. The maximum Gasteiger partial charge on any atom is 0.253 e. The van der Waals surface area contributed by atoms with Gasteiger partial charge in [0.2, 0.25) is 0 Å². The summed E-state index contributed by atoms with van der Waals surface area (Å²) in [7, 11) is 0. The Kier molecular flexibility index (Phi) is 6.16. The van der Waals surface area contributed by atoms with E-state index in [1.807, 2.05) is 6.92 Å². The third kappa shape index (κ3) is 5.52. The lowest BCUT2D eigenvalue weighted by Crippen LogP contribution is -2.32. The van der Waals surface area contributed by atoms with Crippen molar-refractivity contribution >= 4 is 23.2 Å². The van der Waals surface area contributed by atoms with Crippen molar-refractivity contribution in [2.45, 2.75) is 46.1 Å². The summed E-state index contributed by atoms with van der Waals surface area (Å²) in [5, 5.41) is 3.36. The highest BCUT2D eigenvalue weighted by atomic mass is 35.5. The highest BCUT2D eigenvalue weighted by Crippen LogP contribution is 2.19. The monoisotopic (exact) mass is 282 g/mol. The van der Waals surface area contributed by atoms with Crippen molar-refractivity contribution in [2.24, 2.45) is 5.92 Å². The first-order valence-corrected chi connectivity index (χ1v) is 7.14. The van der Waals surface area contributed by atoms with Crippen LogP contribution in [0.25, 0.3) is 0 Å². The molecule has 0 aliphatic rings. The molecule has 1 unspecified atom stereocenters. The number of amides is 1. The van der Waals surface area contributed by atoms with Gasteiger partial charge < -0.3 is 11.1 Å². The number of nitrogens with two attached hydrogens (primary N) is 1. The van der Waals surface area contributed by atoms with Crippen LogP contribution >= 0.6 is 11.6 Å². The van der Waals surface area contributed by atoms with Crippen molar-refractivity contribution in [3.8, 4) is 0 Å². The van der Waals surface area contributed by atoms with Gasteiger partial charge in [0.05, 0.1) is 10.6 Å². The molecule has 0 aliphatic heterocycles. The van der Waals surface area contributed by atoms with Gasteiger partial charge >= 0.3 is 0 Å². The summed E-state index contributed by atoms with van der Waals surface area (Å²) < 4.78 is 0. The maximum absolute atomic E-state index is 12.0. The van der Waals surface area contributed by atoms with E-state index in [2.05, 4.69) is 19.2 Å². The number of anilines is 1. The lowest BCUT2D eigenvalue weighted by Gasteiger charge is -2.15. The molecule has 0 heterocycles. The van der Waals surface area contributed by atoms with Crippen molar-refractivity contribution in [2.75, 3.05) is 5.73 Å². The van der Waals surface area contributed by atoms with Crippen LogP contribution in [0, 0.1) is 5.92 Å². The predicted molar refractivity (Wildman–Crippen MR) is 81.5 cm³/mol. The number of nitrogen functional groups attached to an aromatic ring is 1. The fraction of sp³-hybridized carbons (Fsp3) is 0.533. The normalized spacial score (nSPS) is 12.5. The second-order valence-corrected chi connectivity index (χ2v) is 5.85. The minimum atomic E-state index is -0.137. The molecule has 1 rings (SSSR count). The molecular formula is C15H23ClN2O. The predicted octanol–water partition coefficient (Wildman–Crippen LogP) is 3.87. The van der Waals surface area contributed by atoms with Gasteiger partial charge in [-0.15, -0.1) is 0 Å². The number of benzene rings is 1. The number of hydrogen-bond donors (Lipinski definition) is 2. The molecule has 19 heavy (non-hydrogen) atoms. The zero-order valence-electron chi connectivity index (χ0n) is 11.9. The van der Waals surface area contributed by atoms with Crippen LogP contribution < -0.4 is 11.1 Å². The van der Waals surface area contributed by atoms with Gasteiger partial charge in [-0.05, 0) is 37.5 Å². The molecule has 0 spiro atoms. The lowest BCUT2D eigenvalue weighted by molar-refractivity contribution is 0.0938. The molecule has 0 aliphatic carbocycles. The number of carbonyl (C=O) groups is 1. The Morgan fingerprint density at radius 1 is 1.32 bits per heavy atom. The van der Waals surface area contributed by atoms with Gasteiger partial charge in [0.25, 0.3) is 5.91 Å². The number of halogens is 1. The summed E-state index contributed by atoms with van der Waals surface area (Å²) in [5.74, 6) is 0.566. The zero-order chi connectivity index (χ0) is 14.4. The van der Waals surface area contributed by atoms with Crippen LogP contribution in [0.3, 0.4) is 0 Å². The number of carbonyl (C=O) groups excluding carboxylic acids is 1. The largest absolute Gasteiger partial charge is 0.399 e. The van der Waals surface area contributed by atoms with E-state index in [-0.39, 0.29) is 11.9 Å². The molecule has 106 valence electrons. The van der Waals surface area contributed by atoms with Gasteiger partial charge in [0.15, 0.2) is 0 Å². The zero-order valence-corrected chi connectivity index (χ0v) is 12.6. The van der Waals surface area contributed by atoms with Crippen LogP contribution in [0.2, 0.25) is 5.02 Å². The van der Waals surface area contributed by atoms with E-state index >= 15 is 0 Å². The summed E-state index contributed by atoms with van der Waals surface area (Å²) in [6.45, 7) is 6.43. The van der Waals surface area contributed by atoms with Gasteiger partial charge in [0.1, 0.15) is 0 Å². The van der Waals surface area contributed by atoms with Crippen LogP contribution in [-0.4, -0.2) is 11.9 Å². The molecule has 4 heteroatoms. The molecule has 1 atom stereocenters. The molecule has 1 amide bonds. The molecule has 3 N–H and O–H groups in total. The third-order valence-corrected chi connectivity index (χ3v) is 3.35. The molecule has 1 aromatic rings. The van der Waals surface area contributed by atoms with Crippen molar-refractivity contribution in [3.63, 3.8) is 0 Å². The Balaban J connectivity index is 2.50. The van der Waals surface area contributed by atoms with Gasteiger partial charge in [-0.1, -0.05) is 38.3 Å². The third-order valence-electron chi connectivity index (χ3n) is 3.03. The molecule has 1 aromatic carbocycles. The number of nitrogens with one attached hydrogen (secondary N) is 1. The van der Waals surface area contributed by atoms with Crippen LogP contribution in [0.4, 0.5) is 5.69 Å². The fourth-order valence-corrected chi connectivity index (χ4v) is 2.20.